The SMILES string of the molecule is Nc1ccccc1NS(=O)(=O)c1c[nH]c(C(=O)O)c1. The number of aromatic carboxylic acids is 1. The maximum atomic E-state index is 12.0. The summed E-state index contributed by atoms with van der Waals surface area (Å²) in [6.07, 6.45) is 1.10. The van der Waals surface area contributed by atoms with Crippen LogP contribution >= 0.6 is 0 Å². The van der Waals surface area contributed by atoms with Crippen molar-refractivity contribution in [3.8, 4) is 0 Å². The fraction of sp³-hybridized carbons (Fsp3) is 0. The zero-order valence-corrected chi connectivity index (χ0v) is 10.4. The Labute approximate surface area is 109 Å². The van der Waals surface area contributed by atoms with E-state index in [1.54, 1.807) is 18.2 Å². The lowest BCUT2D eigenvalue weighted by Gasteiger charge is -2.08. The molecule has 0 bridgehead atoms. The molecule has 0 atom stereocenters. The van der Waals surface area contributed by atoms with Gasteiger partial charge in [-0.1, -0.05) is 12.1 Å². The minimum atomic E-state index is -3.87. The number of nitrogens with two attached hydrogens (primary N) is 1. The normalized spacial score (nSPS) is 11.2. The van der Waals surface area contributed by atoms with Gasteiger partial charge in [-0.15, -0.1) is 0 Å². The van der Waals surface area contributed by atoms with Gasteiger partial charge in [-0.3, -0.25) is 4.72 Å². The van der Waals surface area contributed by atoms with E-state index in [-0.39, 0.29) is 22.0 Å². The van der Waals surface area contributed by atoms with Crippen molar-refractivity contribution in [2.24, 2.45) is 0 Å². The van der Waals surface area contributed by atoms with Gasteiger partial charge in [-0.25, -0.2) is 13.2 Å². The second-order valence-electron chi connectivity index (χ2n) is 3.75. The van der Waals surface area contributed by atoms with Crippen molar-refractivity contribution in [1.82, 2.24) is 4.98 Å². The number of benzene rings is 1. The Balaban J connectivity index is 2.32. The summed E-state index contributed by atoms with van der Waals surface area (Å²) in [5.74, 6) is -1.24. The molecule has 19 heavy (non-hydrogen) atoms. The summed E-state index contributed by atoms with van der Waals surface area (Å²) in [6.45, 7) is 0. The number of nitrogens with one attached hydrogen (secondary N) is 2. The van der Waals surface area contributed by atoms with E-state index in [2.05, 4.69) is 9.71 Å². The number of hydrogen-bond donors (Lipinski definition) is 4. The van der Waals surface area contributed by atoms with Gasteiger partial charge >= 0.3 is 5.97 Å². The highest BCUT2D eigenvalue weighted by atomic mass is 32.2. The summed E-state index contributed by atoms with van der Waals surface area (Å²) >= 11 is 0. The van der Waals surface area contributed by atoms with Crippen LogP contribution in [-0.4, -0.2) is 24.5 Å². The van der Waals surface area contributed by atoms with Gasteiger partial charge < -0.3 is 15.8 Å². The predicted molar refractivity (Wildman–Crippen MR) is 69.4 cm³/mol. The first-order chi connectivity index (χ1) is 8.90. The van der Waals surface area contributed by atoms with Gasteiger partial charge in [0.05, 0.1) is 11.4 Å². The molecule has 0 saturated heterocycles. The predicted octanol–water partition coefficient (Wildman–Crippen LogP) is 1.10. The van der Waals surface area contributed by atoms with E-state index in [9.17, 15) is 13.2 Å². The number of sulfonamides is 1. The van der Waals surface area contributed by atoms with Crippen LogP contribution in [0, 0.1) is 0 Å². The fourth-order valence-corrected chi connectivity index (χ4v) is 2.53. The zero-order valence-electron chi connectivity index (χ0n) is 9.62. The standard InChI is InChI=1S/C11H11N3O4S/c12-8-3-1-2-4-9(8)14-19(17,18)7-5-10(11(15)16)13-6-7/h1-6,13-14H,12H2,(H,15,16). The van der Waals surface area contributed by atoms with E-state index < -0.39 is 16.0 Å². The van der Waals surface area contributed by atoms with E-state index in [0.29, 0.717) is 0 Å². The number of nitrogen functional groups attached to an aromatic ring is 1. The maximum Gasteiger partial charge on any atom is 0.352 e. The number of aromatic amines is 1. The van der Waals surface area contributed by atoms with E-state index in [0.717, 1.165) is 12.3 Å². The summed E-state index contributed by atoms with van der Waals surface area (Å²) in [6, 6.07) is 7.40. The molecule has 0 fully saturated rings. The number of H-pyrrole nitrogens is 1. The first-order valence-electron chi connectivity index (χ1n) is 5.19. The average molecular weight is 281 g/mol. The number of aromatic nitrogens is 1. The third-order valence-corrected chi connectivity index (χ3v) is 3.75. The minimum absolute atomic E-state index is 0.173. The van der Waals surface area contributed by atoms with Gasteiger partial charge in [0, 0.05) is 6.20 Å². The summed E-state index contributed by atoms with van der Waals surface area (Å²) in [5, 5.41) is 8.73. The molecule has 0 saturated carbocycles. The third-order valence-electron chi connectivity index (χ3n) is 2.40. The van der Waals surface area contributed by atoms with Crippen LogP contribution in [0.25, 0.3) is 0 Å². The van der Waals surface area contributed by atoms with Crippen molar-refractivity contribution in [1.29, 1.82) is 0 Å². The van der Waals surface area contributed by atoms with Crippen LogP contribution in [0.4, 0.5) is 11.4 Å². The molecule has 100 valence electrons. The Morgan fingerprint density at radius 3 is 2.58 bits per heavy atom. The lowest BCUT2D eigenvalue weighted by atomic mass is 10.3. The molecule has 0 unspecified atom stereocenters. The van der Waals surface area contributed by atoms with Crippen LogP contribution in [0.15, 0.2) is 41.4 Å². The molecule has 2 rings (SSSR count). The third kappa shape index (κ3) is 2.68. The molecular formula is C11H11N3O4S. The van der Waals surface area contributed by atoms with Crippen molar-refractivity contribution in [2.45, 2.75) is 4.90 Å². The molecule has 1 aromatic heterocycles. The van der Waals surface area contributed by atoms with Crippen LogP contribution in [-0.2, 0) is 10.0 Å². The Morgan fingerprint density at radius 1 is 1.32 bits per heavy atom. The molecule has 1 aromatic carbocycles. The Kier molecular flexibility index (Phi) is 3.17. The largest absolute Gasteiger partial charge is 0.477 e. The number of carboxylic acid groups (broad SMARTS) is 1. The van der Waals surface area contributed by atoms with Crippen molar-refractivity contribution >= 4 is 27.4 Å². The van der Waals surface area contributed by atoms with Gasteiger partial charge in [-0.05, 0) is 18.2 Å². The molecular weight excluding hydrogens is 270 g/mol. The van der Waals surface area contributed by atoms with Gasteiger partial charge in [0.15, 0.2) is 0 Å². The molecule has 5 N–H and O–H groups in total. The molecule has 0 aliphatic heterocycles. The number of rotatable bonds is 4. The van der Waals surface area contributed by atoms with Crippen LogP contribution in [0.2, 0.25) is 0 Å². The quantitative estimate of drug-likeness (QED) is 0.624. The monoisotopic (exact) mass is 281 g/mol. The Morgan fingerprint density at radius 2 is 2.00 bits per heavy atom. The molecule has 7 nitrogen and oxygen atoms in total. The van der Waals surface area contributed by atoms with E-state index in [1.807, 2.05) is 0 Å². The summed E-state index contributed by atoms with van der Waals surface area (Å²) < 4.78 is 26.3. The maximum absolute atomic E-state index is 12.0. The van der Waals surface area contributed by atoms with Crippen molar-refractivity contribution < 1.29 is 18.3 Å². The fourth-order valence-electron chi connectivity index (χ4n) is 1.45. The highest BCUT2D eigenvalue weighted by Gasteiger charge is 2.18. The molecule has 0 aliphatic rings. The van der Waals surface area contributed by atoms with E-state index in [4.69, 9.17) is 10.8 Å². The van der Waals surface area contributed by atoms with Gasteiger partial charge in [0.25, 0.3) is 10.0 Å². The first kappa shape index (κ1) is 13.0. The molecule has 0 aliphatic carbocycles. The molecule has 2 aromatic rings. The number of carboxylic acids is 1. The second-order valence-corrected chi connectivity index (χ2v) is 5.43. The van der Waals surface area contributed by atoms with Crippen LogP contribution < -0.4 is 10.5 Å². The van der Waals surface area contributed by atoms with Crippen LogP contribution in [0.3, 0.4) is 0 Å². The summed E-state index contributed by atoms with van der Waals surface area (Å²) in [4.78, 5) is 12.9. The van der Waals surface area contributed by atoms with E-state index >= 15 is 0 Å². The zero-order chi connectivity index (χ0) is 14.0. The summed E-state index contributed by atoms with van der Waals surface area (Å²) in [7, 11) is -3.87. The number of para-hydroxylation sites is 2. The second kappa shape index (κ2) is 4.65. The topological polar surface area (TPSA) is 125 Å². The Hall–Kier alpha value is -2.48. The van der Waals surface area contributed by atoms with Crippen molar-refractivity contribution in [2.75, 3.05) is 10.5 Å². The lowest BCUT2D eigenvalue weighted by Crippen LogP contribution is -2.13. The highest BCUT2D eigenvalue weighted by molar-refractivity contribution is 7.92. The summed E-state index contributed by atoms with van der Waals surface area (Å²) in [5.41, 5.74) is 5.94. The van der Waals surface area contributed by atoms with Gasteiger partial charge in [-0.2, -0.15) is 0 Å². The molecule has 0 radical (unpaired) electrons. The number of hydrogen-bond acceptors (Lipinski definition) is 4. The van der Waals surface area contributed by atoms with E-state index in [1.165, 1.54) is 6.07 Å². The highest BCUT2D eigenvalue weighted by Crippen LogP contribution is 2.21. The smallest absolute Gasteiger partial charge is 0.352 e. The van der Waals surface area contributed by atoms with Crippen molar-refractivity contribution in [3.05, 3.63) is 42.2 Å². The molecule has 8 heteroatoms. The lowest BCUT2D eigenvalue weighted by molar-refractivity contribution is 0.0691. The molecule has 1 heterocycles. The number of anilines is 2. The van der Waals surface area contributed by atoms with Crippen LogP contribution in [0.1, 0.15) is 10.5 Å². The van der Waals surface area contributed by atoms with Crippen LogP contribution in [0.5, 0.6) is 0 Å². The van der Waals surface area contributed by atoms with Gasteiger partial charge in [0.1, 0.15) is 10.6 Å². The minimum Gasteiger partial charge on any atom is -0.477 e. The van der Waals surface area contributed by atoms with Gasteiger partial charge in [0.2, 0.25) is 0 Å². The molecule has 0 spiro atoms. The van der Waals surface area contributed by atoms with Crippen molar-refractivity contribution in [3.63, 3.8) is 0 Å². The Bertz CT molecular complexity index is 721. The first-order valence-corrected chi connectivity index (χ1v) is 6.67. The number of carbonyl (C=O) groups is 1. The molecule has 0 amide bonds. The average Bonchev–Trinajstić information content (AvgIpc) is 2.82.